The highest BCUT2D eigenvalue weighted by Gasteiger charge is 2.20. The number of rotatable bonds is 5. The molecular formula is C13H15BrN4O2S. The molecule has 2 N–H and O–H groups in total. The Labute approximate surface area is 132 Å². The van der Waals surface area contributed by atoms with E-state index in [-0.39, 0.29) is 4.90 Å². The third-order valence-electron chi connectivity index (χ3n) is 2.72. The van der Waals surface area contributed by atoms with Crippen LogP contribution in [0, 0.1) is 6.92 Å². The Kier molecular flexibility index (Phi) is 4.79. The zero-order valence-electron chi connectivity index (χ0n) is 11.6. The van der Waals surface area contributed by atoms with E-state index in [0.29, 0.717) is 18.1 Å². The monoisotopic (exact) mass is 370 g/mol. The number of halogens is 1. The Hall–Kier alpha value is -1.67. The van der Waals surface area contributed by atoms with E-state index in [2.05, 4.69) is 35.9 Å². The minimum atomic E-state index is -3.75. The van der Waals surface area contributed by atoms with E-state index in [1.165, 1.54) is 6.20 Å². The van der Waals surface area contributed by atoms with E-state index in [4.69, 9.17) is 0 Å². The van der Waals surface area contributed by atoms with E-state index in [0.717, 1.165) is 10.0 Å². The maximum atomic E-state index is 12.5. The van der Waals surface area contributed by atoms with Gasteiger partial charge >= 0.3 is 0 Å². The maximum absolute atomic E-state index is 12.5. The van der Waals surface area contributed by atoms with Crippen LogP contribution in [0.25, 0.3) is 0 Å². The molecule has 2 heterocycles. The summed E-state index contributed by atoms with van der Waals surface area (Å²) in [4.78, 5) is 8.06. The lowest BCUT2D eigenvalue weighted by atomic mass is 10.3. The Bertz CT molecular complexity index is 750. The fraction of sp³-hybridized carbons (Fsp3) is 0.231. The van der Waals surface area contributed by atoms with E-state index in [9.17, 15) is 8.42 Å². The van der Waals surface area contributed by atoms with Crippen molar-refractivity contribution in [3.8, 4) is 0 Å². The SMILES string of the molecule is CCNc1ccncc1S(=O)(=O)Nc1ncc(Br)cc1C. The van der Waals surface area contributed by atoms with Gasteiger partial charge < -0.3 is 5.32 Å². The normalized spacial score (nSPS) is 11.2. The first-order valence-electron chi connectivity index (χ1n) is 6.27. The first-order valence-corrected chi connectivity index (χ1v) is 8.54. The quantitative estimate of drug-likeness (QED) is 0.845. The standard InChI is InChI=1S/C13H15BrN4O2S/c1-3-16-11-4-5-15-8-12(11)21(19,20)18-13-9(2)6-10(14)7-17-13/h4-8H,3H2,1-2H3,(H,15,16)(H,17,18). The highest BCUT2D eigenvalue weighted by atomic mass is 79.9. The predicted molar refractivity (Wildman–Crippen MR) is 85.9 cm³/mol. The van der Waals surface area contributed by atoms with Gasteiger partial charge in [0.05, 0.1) is 5.69 Å². The lowest BCUT2D eigenvalue weighted by Gasteiger charge is -2.13. The molecular weight excluding hydrogens is 356 g/mol. The van der Waals surface area contributed by atoms with E-state index in [1.807, 2.05) is 6.92 Å². The summed E-state index contributed by atoms with van der Waals surface area (Å²) in [6, 6.07) is 3.42. The van der Waals surface area contributed by atoms with Crippen LogP contribution in [0.1, 0.15) is 12.5 Å². The van der Waals surface area contributed by atoms with Gasteiger partial charge in [0, 0.05) is 29.6 Å². The summed E-state index contributed by atoms with van der Waals surface area (Å²) in [7, 11) is -3.75. The Morgan fingerprint density at radius 2 is 2.10 bits per heavy atom. The van der Waals surface area contributed by atoms with Crippen LogP contribution in [0.2, 0.25) is 0 Å². The molecule has 0 spiro atoms. The molecule has 0 atom stereocenters. The molecule has 0 bridgehead atoms. The van der Waals surface area contributed by atoms with Gasteiger partial charge in [0.2, 0.25) is 0 Å². The minimum Gasteiger partial charge on any atom is -0.384 e. The van der Waals surface area contributed by atoms with Gasteiger partial charge in [-0.05, 0) is 47.5 Å². The largest absolute Gasteiger partial charge is 0.384 e. The summed E-state index contributed by atoms with van der Waals surface area (Å²) in [5, 5.41) is 3.00. The van der Waals surface area contributed by atoms with Crippen molar-refractivity contribution in [2.75, 3.05) is 16.6 Å². The summed E-state index contributed by atoms with van der Waals surface area (Å²) < 4.78 is 28.3. The first-order chi connectivity index (χ1) is 9.94. The summed E-state index contributed by atoms with van der Waals surface area (Å²) in [6.45, 7) is 4.29. The van der Waals surface area contributed by atoms with Gasteiger partial charge in [-0.2, -0.15) is 0 Å². The van der Waals surface area contributed by atoms with E-state index >= 15 is 0 Å². The summed E-state index contributed by atoms with van der Waals surface area (Å²) in [6.07, 6.45) is 4.40. The maximum Gasteiger partial charge on any atom is 0.266 e. The smallest absolute Gasteiger partial charge is 0.266 e. The van der Waals surface area contributed by atoms with Gasteiger partial charge in [0.1, 0.15) is 10.7 Å². The van der Waals surface area contributed by atoms with Crippen LogP contribution in [-0.4, -0.2) is 24.9 Å². The molecule has 0 aliphatic rings. The van der Waals surface area contributed by atoms with Gasteiger partial charge in [-0.3, -0.25) is 9.71 Å². The Morgan fingerprint density at radius 1 is 1.33 bits per heavy atom. The van der Waals surface area contributed by atoms with Crippen molar-refractivity contribution in [3.63, 3.8) is 0 Å². The molecule has 2 aromatic heterocycles. The van der Waals surface area contributed by atoms with Gasteiger partial charge in [0.25, 0.3) is 10.0 Å². The molecule has 0 saturated heterocycles. The molecule has 0 aromatic carbocycles. The second-order valence-corrected chi connectivity index (χ2v) is 6.89. The van der Waals surface area contributed by atoms with Crippen LogP contribution in [0.4, 0.5) is 11.5 Å². The number of anilines is 2. The fourth-order valence-corrected chi connectivity index (χ4v) is 3.41. The fourth-order valence-electron chi connectivity index (χ4n) is 1.76. The second kappa shape index (κ2) is 6.40. The van der Waals surface area contributed by atoms with Crippen LogP contribution in [0.15, 0.2) is 40.1 Å². The predicted octanol–water partition coefficient (Wildman–Crippen LogP) is 2.78. The first kappa shape index (κ1) is 15.7. The second-order valence-electron chi connectivity index (χ2n) is 4.33. The van der Waals surface area contributed by atoms with Crippen molar-refractivity contribution >= 4 is 37.5 Å². The molecule has 0 amide bonds. The van der Waals surface area contributed by atoms with Crippen molar-refractivity contribution in [1.29, 1.82) is 0 Å². The lowest BCUT2D eigenvalue weighted by molar-refractivity contribution is 0.601. The molecule has 8 heteroatoms. The van der Waals surface area contributed by atoms with Crippen LogP contribution in [0.5, 0.6) is 0 Å². The average Bonchev–Trinajstić information content (AvgIpc) is 2.43. The summed E-state index contributed by atoms with van der Waals surface area (Å²) >= 11 is 3.29. The zero-order chi connectivity index (χ0) is 15.5. The van der Waals surface area contributed by atoms with Gasteiger partial charge in [-0.25, -0.2) is 13.4 Å². The van der Waals surface area contributed by atoms with Gasteiger partial charge in [-0.1, -0.05) is 0 Å². The molecule has 0 aliphatic carbocycles. The summed E-state index contributed by atoms with van der Waals surface area (Å²) in [5.41, 5.74) is 1.23. The number of aromatic nitrogens is 2. The molecule has 0 aliphatic heterocycles. The van der Waals surface area contributed by atoms with E-state index < -0.39 is 10.0 Å². The Balaban J connectivity index is 2.39. The molecule has 2 rings (SSSR count). The van der Waals surface area contributed by atoms with Crippen LogP contribution in [-0.2, 0) is 10.0 Å². The lowest BCUT2D eigenvalue weighted by Crippen LogP contribution is -2.17. The molecule has 2 aromatic rings. The number of hydrogen-bond donors (Lipinski definition) is 2. The highest BCUT2D eigenvalue weighted by Crippen LogP contribution is 2.24. The van der Waals surface area contributed by atoms with Crippen molar-refractivity contribution in [2.24, 2.45) is 0 Å². The molecule has 0 fully saturated rings. The Morgan fingerprint density at radius 3 is 2.76 bits per heavy atom. The number of hydrogen-bond acceptors (Lipinski definition) is 5. The molecule has 0 saturated carbocycles. The molecule has 6 nitrogen and oxygen atoms in total. The van der Waals surface area contributed by atoms with Gasteiger partial charge in [-0.15, -0.1) is 0 Å². The third kappa shape index (κ3) is 3.70. The number of nitrogens with zero attached hydrogens (tertiary/aromatic N) is 2. The molecule has 0 unspecified atom stereocenters. The number of nitrogens with one attached hydrogen (secondary N) is 2. The topological polar surface area (TPSA) is 84.0 Å². The number of sulfonamides is 1. The third-order valence-corrected chi connectivity index (χ3v) is 4.52. The van der Waals surface area contributed by atoms with Crippen molar-refractivity contribution in [1.82, 2.24) is 9.97 Å². The number of aryl methyl sites for hydroxylation is 1. The van der Waals surface area contributed by atoms with Crippen LogP contribution >= 0.6 is 15.9 Å². The summed E-state index contributed by atoms with van der Waals surface area (Å²) in [5.74, 6) is 0.296. The van der Waals surface area contributed by atoms with Crippen molar-refractivity contribution in [3.05, 3.63) is 40.8 Å². The molecule has 0 radical (unpaired) electrons. The van der Waals surface area contributed by atoms with Crippen molar-refractivity contribution in [2.45, 2.75) is 18.7 Å². The van der Waals surface area contributed by atoms with Crippen LogP contribution < -0.4 is 10.0 Å². The number of pyridine rings is 2. The van der Waals surface area contributed by atoms with Crippen LogP contribution in [0.3, 0.4) is 0 Å². The average molecular weight is 371 g/mol. The van der Waals surface area contributed by atoms with E-state index in [1.54, 1.807) is 31.5 Å². The van der Waals surface area contributed by atoms with Gasteiger partial charge in [0.15, 0.2) is 0 Å². The zero-order valence-corrected chi connectivity index (χ0v) is 14.0. The molecule has 112 valence electrons. The minimum absolute atomic E-state index is 0.0935. The highest BCUT2D eigenvalue weighted by molar-refractivity contribution is 9.10. The molecule has 21 heavy (non-hydrogen) atoms. The van der Waals surface area contributed by atoms with Crippen molar-refractivity contribution < 1.29 is 8.42 Å².